The Kier molecular flexibility index (Phi) is 6.58. The fourth-order valence-corrected chi connectivity index (χ4v) is 3.70. The molecule has 2 rings (SSSR count). The lowest BCUT2D eigenvalue weighted by Gasteiger charge is -2.55. The van der Waals surface area contributed by atoms with E-state index in [0.29, 0.717) is 25.2 Å². The summed E-state index contributed by atoms with van der Waals surface area (Å²) in [4.78, 5) is 4.69. The number of nitrogens with zero attached hydrogens (tertiary/aromatic N) is 4. The molecule has 2 N–H and O–H groups in total. The van der Waals surface area contributed by atoms with Crippen molar-refractivity contribution in [3.63, 3.8) is 0 Å². The molecule has 140 valence electrons. The van der Waals surface area contributed by atoms with Crippen LogP contribution in [-0.2, 0) is 18.3 Å². The number of aliphatic imine (C=N–C) groups is 1. The number of guanidine groups is 1. The van der Waals surface area contributed by atoms with Crippen molar-refractivity contribution in [3.8, 4) is 0 Å². The summed E-state index contributed by atoms with van der Waals surface area (Å²) in [7, 11) is 3.76. The van der Waals surface area contributed by atoms with Gasteiger partial charge in [0, 0.05) is 32.2 Å². The fourth-order valence-electron chi connectivity index (χ4n) is 3.70. The van der Waals surface area contributed by atoms with Crippen LogP contribution in [0.4, 0.5) is 0 Å². The number of nitrogens with one attached hydrogen (secondary N) is 2. The third kappa shape index (κ3) is 3.86. The Hall–Kier alpha value is -1.89. The smallest absolute Gasteiger partial charge is 0.192 e. The molecule has 1 aromatic rings. The SMILES string of the molecule is C=CCNC(=NCc1nnc(C)n1C)NC1CC(OC)C1(CC)CC. The minimum absolute atomic E-state index is 0.159. The largest absolute Gasteiger partial charge is 0.381 e. The third-order valence-electron chi connectivity index (χ3n) is 5.67. The molecular weight excluding hydrogens is 316 g/mol. The van der Waals surface area contributed by atoms with Crippen molar-refractivity contribution < 1.29 is 4.74 Å². The zero-order chi connectivity index (χ0) is 18.4. The van der Waals surface area contributed by atoms with Crippen LogP contribution in [0, 0.1) is 12.3 Å². The minimum atomic E-state index is 0.159. The maximum absolute atomic E-state index is 5.69. The summed E-state index contributed by atoms with van der Waals surface area (Å²) < 4.78 is 7.65. The highest BCUT2D eigenvalue weighted by molar-refractivity contribution is 5.80. The van der Waals surface area contributed by atoms with E-state index in [4.69, 9.17) is 9.73 Å². The Morgan fingerprint density at radius 2 is 2.16 bits per heavy atom. The van der Waals surface area contributed by atoms with E-state index in [2.05, 4.69) is 41.3 Å². The average Bonchev–Trinajstić information content (AvgIpc) is 2.93. The van der Waals surface area contributed by atoms with Crippen LogP contribution < -0.4 is 10.6 Å². The molecule has 2 unspecified atom stereocenters. The van der Waals surface area contributed by atoms with Crippen molar-refractivity contribution in [2.75, 3.05) is 13.7 Å². The lowest BCUT2D eigenvalue weighted by molar-refractivity contribution is -0.118. The van der Waals surface area contributed by atoms with E-state index in [1.54, 1.807) is 0 Å². The molecule has 2 atom stereocenters. The molecule has 25 heavy (non-hydrogen) atoms. The second-order valence-corrected chi connectivity index (χ2v) is 6.65. The summed E-state index contributed by atoms with van der Waals surface area (Å²) >= 11 is 0. The molecule has 0 aliphatic heterocycles. The molecule has 0 bridgehead atoms. The Balaban J connectivity index is 2.10. The Labute approximate surface area is 151 Å². The number of rotatable bonds is 8. The first kappa shape index (κ1) is 19.4. The maximum Gasteiger partial charge on any atom is 0.192 e. The zero-order valence-electron chi connectivity index (χ0n) is 16.2. The molecule has 0 amide bonds. The summed E-state index contributed by atoms with van der Waals surface area (Å²) in [6.45, 7) is 11.3. The van der Waals surface area contributed by atoms with Gasteiger partial charge in [0.2, 0.25) is 0 Å². The molecule has 0 radical (unpaired) electrons. The number of hydrogen-bond acceptors (Lipinski definition) is 4. The van der Waals surface area contributed by atoms with Gasteiger partial charge in [0.15, 0.2) is 11.8 Å². The number of aryl methyl sites for hydroxylation is 1. The van der Waals surface area contributed by atoms with E-state index in [-0.39, 0.29) is 5.41 Å². The molecule has 0 aromatic carbocycles. The summed E-state index contributed by atoms with van der Waals surface area (Å²) in [5.41, 5.74) is 0.159. The van der Waals surface area contributed by atoms with Crippen LogP contribution in [0.1, 0.15) is 44.8 Å². The van der Waals surface area contributed by atoms with Gasteiger partial charge < -0.3 is 19.9 Å². The first-order chi connectivity index (χ1) is 12.0. The van der Waals surface area contributed by atoms with Crippen molar-refractivity contribution in [1.29, 1.82) is 0 Å². The van der Waals surface area contributed by atoms with Gasteiger partial charge in [-0.2, -0.15) is 0 Å². The highest BCUT2D eigenvalue weighted by Crippen LogP contribution is 2.48. The molecule has 1 aliphatic carbocycles. The molecular formula is C18H32N6O. The Morgan fingerprint density at radius 3 is 2.68 bits per heavy atom. The van der Waals surface area contributed by atoms with Gasteiger partial charge >= 0.3 is 0 Å². The second-order valence-electron chi connectivity index (χ2n) is 6.65. The lowest BCUT2D eigenvalue weighted by atomic mass is 9.58. The van der Waals surface area contributed by atoms with Crippen molar-refractivity contribution in [1.82, 2.24) is 25.4 Å². The molecule has 0 saturated heterocycles. The van der Waals surface area contributed by atoms with Crippen LogP contribution in [0.2, 0.25) is 0 Å². The van der Waals surface area contributed by atoms with E-state index in [1.165, 1.54) is 0 Å². The zero-order valence-corrected chi connectivity index (χ0v) is 16.2. The van der Waals surface area contributed by atoms with Crippen LogP contribution in [0.25, 0.3) is 0 Å². The van der Waals surface area contributed by atoms with Crippen molar-refractivity contribution >= 4 is 5.96 Å². The van der Waals surface area contributed by atoms with Crippen LogP contribution >= 0.6 is 0 Å². The molecule has 7 heteroatoms. The van der Waals surface area contributed by atoms with E-state index < -0.39 is 0 Å². The summed E-state index contributed by atoms with van der Waals surface area (Å²) in [6.07, 6.45) is 5.29. The maximum atomic E-state index is 5.69. The summed E-state index contributed by atoms with van der Waals surface area (Å²) in [5.74, 6) is 2.51. The van der Waals surface area contributed by atoms with Gasteiger partial charge in [0.25, 0.3) is 0 Å². The normalized spacial score (nSPS) is 22.4. The van der Waals surface area contributed by atoms with E-state index in [0.717, 1.165) is 36.9 Å². The monoisotopic (exact) mass is 348 g/mol. The highest BCUT2D eigenvalue weighted by Gasteiger charge is 2.53. The minimum Gasteiger partial charge on any atom is -0.381 e. The number of aromatic nitrogens is 3. The van der Waals surface area contributed by atoms with Gasteiger partial charge in [-0.25, -0.2) is 4.99 Å². The number of methoxy groups -OCH3 is 1. The molecule has 0 spiro atoms. The van der Waals surface area contributed by atoms with Gasteiger partial charge in [-0.3, -0.25) is 0 Å². The van der Waals surface area contributed by atoms with Crippen molar-refractivity contribution in [2.24, 2.45) is 17.5 Å². The molecule has 1 fully saturated rings. The van der Waals surface area contributed by atoms with Gasteiger partial charge in [-0.05, 0) is 26.2 Å². The van der Waals surface area contributed by atoms with E-state index in [9.17, 15) is 0 Å². The molecule has 1 aliphatic rings. The Bertz CT molecular complexity index is 605. The van der Waals surface area contributed by atoms with Crippen LogP contribution in [0.5, 0.6) is 0 Å². The van der Waals surface area contributed by atoms with Crippen LogP contribution in [0.15, 0.2) is 17.6 Å². The molecule has 1 saturated carbocycles. The molecule has 7 nitrogen and oxygen atoms in total. The van der Waals surface area contributed by atoms with Gasteiger partial charge in [-0.15, -0.1) is 16.8 Å². The topological polar surface area (TPSA) is 76.4 Å². The van der Waals surface area contributed by atoms with Crippen molar-refractivity contribution in [2.45, 2.75) is 58.7 Å². The first-order valence-electron chi connectivity index (χ1n) is 9.05. The van der Waals surface area contributed by atoms with Gasteiger partial charge in [-0.1, -0.05) is 19.9 Å². The highest BCUT2D eigenvalue weighted by atomic mass is 16.5. The standard InChI is InChI=1S/C18H32N6O/c1-7-10-19-17(20-12-16-23-22-13(4)24(16)5)21-14-11-15(25-6)18(14,8-2)9-3/h7,14-15H,1,8-12H2,2-6H3,(H2,19,20,21). The predicted molar refractivity (Wildman–Crippen MR) is 100 cm³/mol. The first-order valence-corrected chi connectivity index (χ1v) is 9.05. The van der Waals surface area contributed by atoms with Crippen LogP contribution in [-0.4, -0.2) is 46.5 Å². The van der Waals surface area contributed by atoms with Crippen molar-refractivity contribution in [3.05, 3.63) is 24.3 Å². The van der Waals surface area contributed by atoms with E-state index >= 15 is 0 Å². The fraction of sp³-hybridized carbons (Fsp3) is 0.722. The quantitative estimate of drug-likeness (QED) is 0.426. The number of hydrogen-bond donors (Lipinski definition) is 2. The Morgan fingerprint density at radius 1 is 1.44 bits per heavy atom. The molecule has 1 heterocycles. The van der Waals surface area contributed by atoms with Gasteiger partial charge in [0.05, 0.1) is 6.10 Å². The molecule has 1 aromatic heterocycles. The third-order valence-corrected chi connectivity index (χ3v) is 5.67. The van der Waals surface area contributed by atoms with Gasteiger partial charge in [0.1, 0.15) is 12.4 Å². The predicted octanol–water partition coefficient (Wildman–Crippen LogP) is 1.94. The summed E-state index contributed by atoms with van der Waals surface area (Å²) in [5, 5.41) is 15.2. The van der Waals surface area contributed by atoms with E-state index in [1.807, 2.05) is 31.7 Å². The second kappa shape index (κ2) is 8.47. The lowest BCUT2D eigenvalue weighted by Crippen LogP contribution is -2.65. The number of ether oxygens (including phenoxy) is 1. The average molecular weight is 348 g/mol. The van der Waals surface area contributed by atoms with Crippen LogP contribution in [0.3, 0.4) is 0 Å². The summed E-state index contributed by atoms with van der Waals surface area (Å²) in [6, 6.07) is 0.352.